The molecule has 5 nitrogen and oxygen atoms in total. The van der Waals surface area contributed by atoms with Crippen molar-refractivity contribution in [2.45, 2.75) is 39.8 Å². The minimum absolute atomic E-state index is 0.0716. The van der Waals surface area contributed by atoms with Crippen LogP contribution in [0.25, 0.3) is 0 Å². The largest absolute Gasteiger partial charge is 0.380 e. The van der Waals surface area contributed by atoms with E-state index in [1.807, 2.05) is 20.8 Å². The van der Waals surface area contributed by atoms with Gasteiger partial charge in [0.2, 0.25) is 0 Å². The van der Waals surface area contributed by atoms with Gasteiger partial charge in [0, 0.05) is 31.6 Å². The van der Waals surface area contributed by atoms with E-state index in [9.17, 15) is 4.79 Å². The van der Waals surface area contributed by atoms with Crippen LogP contribution >= 0.6 is 0 Å². The molecule has 1 atom stereocenters. The summed E-state index contributed by atoms with van der Waals surface area (Å²) in [4.78, 5) is 16.0. The monoisotopic (exact) mass is 239 g/mol. The van der Waals surface area contributed by atoms with Crippen LogP contribution in [0.2, 0.25) is 0 Å². The number of anilines is 1. The van der Waals surface area contributed by atoms with E-state index in [0.29, 0.717) is 19.0 Å². The van der Waals surface area contributed by atoms with Crippen LogP contribution in [-0.4, -0.2) is 28.8 Å². The number of hydrogen-bond acceptors (Lipinski definition) is 4. The highest BCUT2D eigenvalue weighted by Crippen LogP contribution is 1.98. The average molecular weight is 239 g/mol. The Balaban J connectivity index is 2.70. The Morgan fingerprint density at radius 2 is 2.29 bits per heavy atom. The summed E-state index contributed by atoms with van der Waals surface area (Å²) in [6.45, 7) is 7.91. The van der Waals surface area contributed by atoms with Gasteiger partial charge in [-0.15, -0.1) is 0 Å². The summed E-state index contributed by atoms with van der Waals surface area (Å²) in [5, 5.41) is 3.07. The lowest BCUT2D eigenvalue weighted by atomic mass is 10.3. The second-order valence-corrected chi connectivity index (χ2v) is 3.98. The predicted molar refractivity (Wildman–Crippen MR) is 68.4 cm³/mol. The molecule has 0 saturated carbocycles. The molecule has 1 heterocycles. The third-order valence-corrected chi connectivity index (χ3v) is 2.33. The van der Waals surface area contributed by atoms with Crippen molar-refractivity contribution in [3.63, 3.8) is 0 Å². The third-order valence-electron chi connectivity index (χ3n) is 2.33. The smallest absolute Gasteiger partial charge is 0.293 e. The number of ether oxygens (including phenoxy) is 1. The van der Waals surface area contributed by atoms with Crippen molar-refractivity contribution in [2.75, 3.05) is 18.5 Å². The number of nitrogens with zero attached hydrogens (tertiary/aromatic N) is 2. The SMILES string of the molecule is CCCn1ccnc(NC(C)COCC)c1=O. The molecule has 0 aliphatic rings. The van der Waals surface area contributed by atoms with Crippen LogP contribution in [0, 0.1) is 0 Å². The van der Waals surface area contributed by atoms with Crippen molar-refractivity contribution in [3.05, 3.63) is 22.7 Å². The fraction of sp³-hybridized carbons (Fsp3) is 0.667. The standard InChI is InChI=1S/C12H21N3O2/c1-4-7-15-8-6-13-11(12(15)16)14-10(3)9-17-5-2/h6,8,10H,4-5,7,9H2,1-3H3,(H,13,14). The fourth-order valence-electron chi connectivity index (χ4n) is 1.53. The minimum Gasteiger partial charge on any atom is -0.380 e. The summed E-state index contributed by atoms with van der Waals surface area (Å²) >= 11 is 0. The van der Waals surface area contributed by atoms with Gasteiger partial charge in [-0.05, 0) is 20.3 Å². The van der Waals surface area contributed by atoms with Gasteiger partial charge in [-0.2, -0.15) is 0 Å². The second-order valence-electron chi connectivity index (χ2n) is 3.98. The number of nitrogens with one attached hydrogen (secondary N) is 1. The molecule has 5 heteroatoms. The summed E-state index contributed by atoms with van der Waals surface area (Å²) in [5.74, 6) is 0.396. The number of aromatic nitrogens is 2. The quantitative estimate of drug-likeness (QED) is 0.783. The van der Waals surface area contributed by atoms with Crippen LogP contribution in [0.15, 0.2) is 17.2 Å². The highest BCUT2D eigenvalue weighted by Gasteiger charge is 2.07. The molecule has 1 unspecified atom stereocenters. The number of aryl methyl sites for hydroxylation is 1. The van der Waals surface area contributed by atoms with Crippen LogP contribution in [0.5, 0.6) is 0 Å². The fourth-order valence-corrected chi connectivity index (χ4v) is 1.53. The van der Waals surface area contributed by atoms with E-state index in [0.717, 1.165) is 13.0 Å². The van der Waals surface area contributed by atoms with Crippen LogP contribution < -0.4 is 10.9 Å². The molecule has 0 radical (unpaired) electrons. The van der Waals surface area contributed by atoms with Gasteiger partial charge < -0.3 is 14.6 Å². The van der Waals surface area contributed by atoms with Crippen LogP contribution in [-0.2, 0) is 11.3 Å². The van der Waals surface area contributed by atoms with E-state index in [1.165, 1.54) is 0 Å². The predicted octanol–water partition coefficient (Wildman–Crippen LogP) is 1.49. The molecule has 1 rings (SSSR count). The molecule has 0 aliphatic heterocycles. The van der Waals surface area contributed by atoms with E-state index >= 15 is 0 Å². The van der Waals surface area contributed by atoms with Gasteiger partial charge in [-0.3, -0.25) is 4.79 Å². The first-order valence-corrected chi connectivity index (χ1v) is 6.08. The van der Waals surface area contributed by atoms with Crippen molar-refractivity contribution in [3.8, 4) is 0 Å². The Hall–Kier alpha value is -1.36. The van der Waals surface area contributed by atoms with E-state index < -0.39 is 0 Å². The molecule has 0 spiro atoms. The van der Waals surface area contributed by atoms with Gasteiger partial charge in [0.1, 0.15) is 0 Å². The molecule has 0 aliphatic carbocycles. The summed E-state index contributed by atoms with van der Waals surface area (Å²) in [5.41, 5.74) is -0.0716. The molecular formula is C12H21N3O2. The summed E-state index contributed by atoms with van der Waals surface area (Å²) in [7, 11) is 0. The van der Waals surface area contributed by atoms with Crippen molar-refractivity contribution in [1.29, 1.82) is 0 Å². The van der Waals surface area contributed by atoms with E-state index in [4.69, 9.17) is 4.74 Å². The molecule has 1 N–H and O–H groups in total. The maximum Gasteiger partial charge on any atom is 0.293 e. The minimum atomic E-state index is -0.0716. The Morgan fingerprint density at radius 3 is 2.94 bits per heavy atom. The Bertz CT molecular complexity index is 390. The molecule has 0 amide bonds. The number of rotatable bonds is 7. The number of hydrogen-bond donors (Lipinski definition) is 1. The summed E-state index contributed by atoms with van der Waals surface area (Å²) in [6.07, 6.45) is 4.29. The molecule has 0 bridgehead atoms. The zero-order chi connectivity index (χ0) is 12.7. The van der Waals surface area contributed by atoms with Gasteiger partial charge in [0.05, 0.1) is 6.61 Å². The Labute approximate surface area is 102 Å². The van der Waals surface area contributed by atoms with Crippen LogP contribution in [0.3, 0.4) is 0 Å². The van der Waals surface area contributed by atoms with Crippen LogP contribution in [0.1, 0.15) is 27.2 Å². The zero-order valence-electron chi connectivity index (χ0n) is 10.8. The van der Waals surface area contributed by atoms with Crippen molar-refractivity contribution in [1.82, 2.24) is 9.55 Å². The third kappa shape index (κ3) is 4.19. The zero-order valence-corrected chi connectivity index (χ0v) is 10.8. The lowest BCUT2D eigenvalue weighted by Crippen LogP contribution is -2.30. The summed E-state index contributed by atoms with van der Waals surface area (Å²) < 4.78 is 6.96. The first-order chi connectivity index (χ1) is 8.19. The summed E-state index contributed by atoms with van der Waals surface area (Å²) in [6, 6.07) is 0.0765. The van der Waals surface area contributed by atoms with Crippen molar-refractivity contribution < 1.29 is 4.74 Å². The van der Waals surface area contributed by atoms with Crippen molar-refractivity contribution in [2.24, 2.45) is 0 Å². The van der Waals surface area contributed by atoms with Crippen LogP contribution in [0.4, 0.5) is 5.82 Å². The molecule has 96 valence electrons. The normalized spacial score (nSPS) is 12.4. The lowest BCUT2D eigenvalue weighted by Gasteiger charge is -2.14. The highest BCUT2D eigenvalue weighted by atomic mass is 16.5. The van der Waals surface area contributed by atoms with Crippen molar-refractivity contribution >= 4 is 5.82 Å². The highest BCUT2D eigenvalue weighted by molar-refractivity contribution is 5.31. The van der Waals surface area contributed by atoms with E-state index in [-0.39, 0.29) is 11.6 Å². The average Bonchev–Trinajstić information content (AvgIpc) is 2.32. The van der Waals surface area contributed by atoms with Gasteiger partial charge in [-0.25, -0.2) is 4.98 Å². The molecule has 0 fully saturated rings. The topological polar surface area (TPSA) is 56.1 Å². The second kappa shape index (κ2) is 7.06. The maximum atomic E-state index is 12.0. The molecule has 17 heavy (non-hydrogen) atoms. The van der Waals surface area contributed by atoms with E-state index in [1.54, 1.807) is 17.0 Å². The molecule has 1 aromatic rings. The molecule has 0 saturated heterocycles. The van der Waals surface area contributed by atoms with Gasteiger partial charge in [0.15, 0.2) is 5.82 Å². The van der Waals surface area contributed by atoms with Gasteiger partial charge in [0.25, 0.3) is 5.56 Å². The maximum absolute atomic E-state index is 12.0. The van der Waals surface area contributed by atoms with Gasteiger partial charge >= 0.3 is 0 Å². The first-order valence-electron chi connectivity index (χ1n) is 6.08. The first kappa shape index (κ1) is 13.7. The Morgan fingerprint density at radius 1 is 1.53 bits per heavy atom. The van der Waals surface area contributed by atoms with E-state index in [2.05, 4.69) is 10.3 Å². The molecule has 0 aromatic carbocycles. The lowest BCUT2D eigenvalue weighted by molar-refractivity contribution is 0.141. The molecular weight excluding hydrogens is 218 g/mol. The Kier molecular flexibility index (Phi) is 5.69. The van der Waals surface area contributed by atoms with Gasteiger partial charge in [-0.1, -0.05) is 6.92 Å². The molecule has 1 aromatic heterocycles.